The smallest absolute Gasteiger partial charge is 0.292 e. The summed E-state index contributed by atoms with van der Waals surface area (Å²) in [5.41, 5.74) is 2.64. The van der Waals surface area contributed by atoms with Crippen molar-refractivity contribution in [3.05, 3.63) is 41.9 Å². The summed E-state index contributed by atoms with van der Waals surface area (Å²) in [7, 11) is 0. The molecule has 0 aliphatic heterocycles. The van der Waals surface area contributed by atoms with Gasteiger partial charge in [-0.1, -0.05) is 19.1 Å². The zero-order valence-corrected chi connectivity index (χ0v) is 12.1. The molecule has 21 heavy (non-hydrogen) atoms. The van der Waals surface area contributed by atoms with Crippen LogP contribution in [-0.2, 0) is 6.54 Å². The highest BCUT2D eigenvalue weighted by Gasteiger charge is 2.13. The Morgan fingerprint density at radius 3 is 2.95 bits per heavy atom. The van der Waals surface area contributed by atoms with E-state index in [0.29, 0.717) is 11.6 Å². The van der Waals surface area contributed by atoms with Gasteiger partial charge in [0.15, 0.2) is 11.6 Å². The lowest BCUT2D eigenvalue weighted by Crippen LogP contribution is -2.14. The largest absolute Gasteiger partial charge is 0.334 e. The average molecular weight is 283 g/mol. The van der Waals surface area contributed by atoms with Gasteiger partial charge < -0.3 is 10.3 Å². The lowest BCUT2D eigenvalue weighted by atomic mass is 10.3. The molecule has 0 atom stereocenters. The van der Waals surface area contributed by atoms with E-state index >= 15 is 0 Å². The molecule has 0 saturated heterocycles. The Kier molecular flexibility index (Phi) is 3.43. The van der Waals surface area contributed by atoms with Crippen molar-refractivity contribution in [1.29, 1.82) is 0 Å². The van der Waals surface area contributed by atoms with E-state index in [9.17, 15) is 4.79 Å². The number of anilines is 1. The minimum absolute atomic E-state index is 0.285. The number of carbonyl (C=O) groups is 1. The molecule has 0 aliphatic rings. The molecule has 0 radical (unpaired) electrons. The first kappa shape index (κ1) is 13.4. The molecule has 0 saturated carbocycles. The summed E-state index contributed by atoms with van der Waals surface area (Å²) in [5.74, 6) is 0.553. The summed E-state index contributed by atoms with van der Waals surface area (Å²) >= 11 is 0. The second kappa shape index (κ2) is 5.40. The number of benzene rings is 1. The van der Waals surface area contributed by atoms with Gasteiger partial charge >= 0.3 is 0 Å². The number of imidazole rings is 1. The molecule has 3 aromatic rings. The van der Waals surface area contributed by atoms with Crippen LogP contribution in [0.4, 0.5) is 5.82 Å². The first-order chi connectivity index (χ1) is 10.2. The third-order valence-electron chi connectivity index (χ3n) is 3.26. The molecule has 0 unspecified atom stereocenters. The van der Waals surface area contributed by atoms with Gasteiger partial charge in [-0.15, -0.1) is 0 Å². The minimum atomic E-state index is -0.285. The Balaban J connectivity index is 1.80. The fraction of sp³-hybridized carbons (Fsp3) is 0.267. The van der Waals surface area contributed by atoms with E-state index < -0.39 is 0 Å². The van der Waals surface area contributed by atoms with Crippen LogP contribution >= 0.6 is 0 Å². The van der Waals surface area contributed by atoms with E-state index in [-0.39, 0.29) is 5.91 Å². The van der Waals surface area contributed by atoms with Crippen molar-refractivity contribution in [3.63, 3.8) is 0 Å². The summed E-state index contributed by atoms with van der Waals surface area (Å²) < 4.78 is 1.88. The quantitative estimate of drug-likeness (QED) is 0.773. The molecule has 6 heteroatoms. The van der Waals surface area contributed by atoms with Crippen molar-refractivity contribution >= 4 is 22.8 Å². The van der Waals surface area contributed by atoms with Crippen LogP contribution in [0, 0.1) is 6.92 Å². The molecule has 108 valence electrons. The molecule has 0 fully saturated rings. The van der Waals surface area contributed by atoms with Crippen molar-refractivity contribution in [3.8, 4) is 0 Å². The number of hydrogen-bond acceptors (Lipinski definition) is 3. The molecular formula is C15H17N5O. The van der Waals surface area contributed by atoms with Crippen molar-refractivity contribution in [2.75, 3.05) is 5.32 Å². The number of carbonyl (C=O) groups excluding carboxylic acids is 1. The minimum Gasteiger partial charge on any atom is -0.334 e. The summed E-state index contributed by atoms with van der Waals surface area (Å²) in [6, 6.07) is 9.40. The molecular weight excluding hydrogens is 266 g/mol. The van der Waals surface area contributed by atoms with Gasteiger partial charge in [0, 0.05) is 18.3 Å². The van der Waals surface area contributed by atoms with Crippen LogP contribution in [0.15, 0.2) is 30.3 Å². The summed E-state index contributed by atoms with van der Waals surface area (Å²) in [6.45, 7) is 4.90. The number of para-hydroxylation sites is 2. The van der Waals surface area contributed by atoms with Crippen LogP contribution in [-0.4, -0.2) is 25.7 Å². The number of aryl methyl sites for hydroxylation is 2. The van der Waals surface area contributed by atoms with Gasteiger partial charge in [-0.2, -0.15) is 5.10 Å². The Morgan fingerprint density at radius 1 is 1.38 bits per heavy atom. The maximum atomic E-state index is 12.2. The Bertz CT molecular complexity index is 753. The van der Waals surface area contributed by atoms with Gasteiger partial charge in [0.25, 0.3) is 5.91 Å². The fourth-order valence-electron chi connectivity index (χ4n) is 2.25. The SMILES string of the molecule is CCCn1nc(NC(=O)c2nc3ccccc3[nH]2)cc1C. The molecule has 2 heterocycles. The highest BCUT2D eigenvalue weighted by molar-refractivity contribution is 6.02. The zero-order valence-electron chi connectivity index (χ0n) is 12.1. The zero-order chi connectivity index (χ0) is 14.8. The maximum absolute atomic E-state index is 12.2. The van der Waals surface area contributed by atoms with Crippen LogP contribution in [0.1, 0.15) is 29.7 Å². The van der Waals surface area contributed by atoms with Gasteiger partial charge in [-0.05, 0) is 25.5 Å². The first-order valence-electron chi connectivity index (χ1n) is 6.98. The van der Waals surface area contributed by atoms with Gasteiger partial charge in [0.2, 0.25) is 0 Å². The van der Waals surface area contributed by atoms with E-state index in [1.54, 1.807) is 0 Å². The van der Waals surface area contributed by atoms with Crippen molar-refractivity contribution in [2.24, 2.45) is 0 Å². The molecule has 6 nitrogen and oxygen atoms in total. The standard InChI is InChI=1S/C15H17N5O/c1-3-8-20-10(2)9-13(19-20)18-15(21)14-16-11-6-4-5-7-12(11)17-14/h4-7,9H,3,8H2,1-2H3,(H,16,17)(H,18,19,21). The Morgan fingerprint density at radius 2 is 2.19 bits per heavy atom. The van der Waals surface area contributed by atoms with Crippen LogP contribution in [0.2, 0.25) is 0 Å². The lowest BCUT2D eigenvalue weighted by Gasteiger charge is -2.00. The Hall–Kier alpha value is -2.63. The topological polar surface area (TPSA) is 75.6 Å². The van der Waals surface area contributed by atoms with Crippen molar-refractivity contribution in [2.45, 2.75) is 26.8 Å². The van der Waals surface area contributed by atoms with E-state index in [2.05, 4.69) is 27.3 Å². The van der Waals surface area contributed by atoms with Gasteiger partial charge in [-0.3, -0.25) is 9.48 Å². The second-order valence-electron chi connectivity index (χ2n) is 4.95. The average Bonchev–Trinajstić information content (AvgIpc) is 3.03. The van der Waals surface area contributed by atoms with Crippen molar-refractivity contribution < 1.29 is 4.79 Å². The predicted octanol–water partition coefficient (Wildman–Crippen LogP) is 2.73. The fourth-order valence-corrected chi connectivity index (χ4v) is 2.25. The molecule has 2 aromatic heterocycles. The second-order valence-corrected chi connectivity index (χ2v) is 4.95. The number of aromatic nitrogens is 4. The highest BCUT2D eigenvalue weighted by atomic mass is 16.2. The number of nitrogens with one attached hydrogen (secondary N) is 2. The first-order valence-corrected chi connectivity index (χ1v) is 6.98. The van der Waals surface area contributed by atoms with Gasteiger partial charge in [-0.25, -0.2) is 4.98 Å². The molecule has 3 rings (SSSR count). The molecule has 0 spiro atoms. The number of hydrogen-bond donors (Lipinski definition) is 2. The molecule has 0 aliphatic carbocycles. The van der Waals surface area contributed by atoms with E-state index in [4.69, 9.17) is 0 Å². The molecule has 0 bridgehead atoms. The van der Waals surface area contributed by atoms with Gasteiger partial charge in [0.05, 0.1) is 11.0 Å². The van der Waals surface area contributed by atoms with E-state index in [1.807, 2.05) is 41.9 Å². The summed E-state index contributed by atoms with van der Waals surface area (Å²) in [4.78, 5) is 19.5. The molecule has 1 amide bonds. The summed E-state index contributed by atoms with van der Waals surface area (Å²) in [5, 5.41) is 7.14. The van der Waals surface area contributed by atoms with Crippen LogP contribution in [0.3, 0.4) is 0 Å². The maximum Gasteiger partial charge on any atom is 0.292 e. The monoisotopic (exact) mass is 283 g/mol. The van der Waals surface area contributed by atoms with Crippen LogP contribution < -0.4 is 5.32 Å². The molecule has 2 N–H and O–H groups in total. The highest BCUT2D eigenvalue weighted by Crippen LogP contribution is 2.13. The molecule has 1 aromatic carbocycles. The third kappa shape index (κ3) is 2.65. The number of amides is 1. The number of nitrogens with zero attached hydrogens (tertiary/aromatic N) is 3. The number of rotatable bonds is 4. The predicted molar refractivity (Wildman–Crippen MR) is 81.3 cm³/mol. The lowest BCUT2D eigenvalue weighted by molar-refractivity contribution is 0.101. The van der Waals surface area contributed by atoms with Crippen molar-refractivity contribution in [1.82, 2.24) is 19.7 Å². The normalized spacial score (nSPS) is 11.0. The van der Waals surface area contributed by atoms with E-state index in [1.165, 1.54) is 0 Å². The van der Waals surface area contributed by atoms with Gasteiger partial charge in [0.1, 0.15) is 0 Å². The summed E-state index contributed by atoms with van der Waals surface area (Å²) in [6.07, 6.45) is 0.999. The van der Waals surface area contributed by atoms with E-state index in [0.717, 1.165) is 29.7 Å². The Labute approximate surface area is 122 Å². The number of fused-ring (bicyclic) bond motifs is 1. The van der Waals surface area contributed by atoms with Crippen LogP contribution in [0.5, 0.6) is 0 Å². The number of aromatic amines is 1. The number of H-pyrrole nitrogens is 1. The van der Waals surface area contributed by atoms with Crippen LogP contribution in [0.25, 0.3) is 11.0 Å². The third-order valence-corrected chi connectivity index (χ3v) is 3.26.